The molecule has 2 nitrogen and oxygen atoms in total. The van der Waals surface area contributed by atoms with Crippen LogP contribution in [0.4, 0.5) is 0 Å². The van der Waals surface area contributed by atoms with Gasteiger partial charge in [0.15, 0.2) is 0 Å². The van der Waals surface area contributed by atoms with Crippen LogP contribution in [0.15, 0.2) is 58.8 Å². The Balaban J connectivity index is 1.86. The molecule has 0 aliphatic carbocycles. The Hall–Kier alpha value is 0.910. The fourth-order valence-corrected chi connectivity index (χ4v) is 7.14. The van der Waals surface area contributed by atoms with Gasteiger partial charge >= 0.3 is 0 Å². The molecule has 0 saturated heterocycles. The van der Waals surface area contributed by atoms with Gasteiger partial charge in [-0.15, -0.1) is 0 Å². The van der Waals surface area contributed by atoms with Gasteiger partial charge in [-0.2, -0.15) is 0 Å². The molecule has 0 amide bonds. The van der Waals surface area contributed by atoms with Crippen molar-refractivity contribution in [1.29, 1.82) is 0 Å². The van der Waals surface area contributed by atoms with Crippen LogP contribution in [0.1, 0.15) is 0 Å². The van der Waals surface area contributed by atoms with Crippen LogP contribution in [0.3, 0.4) is 0 Å². The van der Waals surface area contributed by atoms with Crippen molar-refractivity contribution >= 4 is 102 Å². The first kappa shape index (κ1) is 21.2. The van der Waals surface area contributed by atoms with Crippen molar-refractivity contribution in [3.8, 4) is 11.5 Å². The molecule has 0 aromatic heterocycles. The molecule has 24 heavy (non-hydrogen) atoms. The molecular formula is C16H10Br5IO2. The Kier molecular flexibility index (Phi) is 9.10. The van der Waals surface area contributed by atoms with Gasteiger partial charge in [-0.25, -0.2) is 0 Å². The molecule has 0 atom stereocenters. The van der Waals surface area contributed by atoms with Crippen LogP contribution in [-0.4, -0.2) is 13.2 Å². The van der Waals surface area contributed by atoms with Crippen molar-refractivity contribution in [2.75, 3.05) is 13.2 Å². The summed E-state index contributed by atoms with van der Waals surface area (Å²) in [6, 6.07) is 7.86. The summed E-state index contributed by atoms with van der Waals surface area (Å²) >= 11 is 19.6. The van der Waals surface area contributed by atoms with Crippen molar-refractivity contribution in [1.82, 2.24) is 0 Å². The molecule has 0 saturated carbocycles. The van der Waals surface area contributed by atoms with E-state index in [4.69, 9.17) is 9.47 Å². The normalized spacial score (nSPS) is 11.1. The van der Waals surface area contributed by atoms with E-state index in [2.05, 4.69) is 102 Å². The van der Waals surface area contributed by atoms with Crippen LogP contribution in [0.25, 0.3) is 0 Å². The minimum Gasteiger partial charge on any atom is -0.487 e. The molecular weight excluding hydrogens is 751 g/mol. The Bertz CT molecular complexity index is 655. The third-order valence-corrected chi connectivity index (χ3v) is 6.22. The highest BCUT2D eigenvalue weighted by Crippen LogP contribution is 2.36. The predicted octanol–water partition coefficient (Wildman–Crippen LogP) is 8.12. The highest BCUT2D eigenvalue weighted by Gasteiger charge is 2.08. The van der Waals surface area contributed by atoms with E-state index in [0.717, 1.165) is 37.4 Å². The SMILES string of the molecule is Brc1cc(Br)c(OC/C=C/COc2c(Br)cc(Br)cc2I)c(Br)c1. The summed E-state index contributed by atoms with van der Waals surface area (Å²) in [5, 5.41) is 0. The average Bonchev–Trinajstić information content (AvgIpc) is 2.46. The Morgan fingerprint density at radius 3 is 1.62 bits per heavy atom. The fraction of sp³-hybridized carbons (Fsp3) is 0.125. The van der Waals surface area contributed by atoms with E-state index in [-0.39, 0.29) is 0 Å². The summed E-state index contributed by atoms with van der Waals surface area (Å²) < 4.78 is 17.3. The smallest absolute Gasteiger partial charge is 0.148 e. The third-order valence-electron chi connectivity index (χ3n) is 2.74. The molecule has 2 aromatic carbocycles. The second-order valence-corrected chi connectivity index (χ2v) is 10.0. The zero-order valence-corrected chi connectivity index (χ0v) is 22.1. The Morgan fingerprint density at radius 2 is 1.12 bits per heavy atom. The van der Waals surface area contributed by atoms with Crippen LogP contribution < -0.4 is 9.47 Å². The van der Waals surface area contributed by atoms with E-state index in [1.54, 1.807) is 0 Å². The molecule has 0 fully saturated rings. The summed E-state index contributed by atoms with van der Waals surface area (Å²) in [5.74, 6) is 1.61. The third kappa shape index (κ3) is 6.26. The summed E-state index contributed by atoms with van der Waals surface area (Å²) in [7, 11) is 0. The molecule has 0 aliphatic heterocycles. The van der Waals surface area contributed by atoms with Crippen molar-refractivity contribution in [3.63, 3.8) is 0 Å². The standard InChI is InChI=1S/C16H10Br5IO2/c17-9-5-11(19)15(12(20)6-9)23-3-1-2-4-24-16-13(21)7-10(18)8-14(16)22/h1-2,5-8H,3-4H2/b2-1+. The molecule has 0 unspecified atom stereocenters. The first-order valence-corrected chi connectivity index (χ1v) is 11.6. The lowest BCUT2D eigenvalue weighted by atomic mass is 10.3. The number of hydrogen-bond donors (Lipinski definition) is 0. The Labute approximate surface area is 196 Å². The molecule has 2 rings (SSSR count). The molecule has 0 aliphatic rings. The van der Waals surface area contributed by atoms with Crippen LogP contribution in [0.2, 0.25) is 0 Å². The number of benzene rings is 2. The van der Waals surface area contributed by atoms with Crippen LogP contribution >= 0.6 is 102 Å². The number of rotatable bonds is 6. The molecule has 128 valence electrons. The van der Waals surface area contributed by atoms with Crippen LogP contribution in [0, 0.1) is 3.57 Å². The lowest BCUT2D eigenvalue weighted by Crippen LogP contribution is -1.99. The quantitative estimate of drug-likeness (QED) is 0.219. The second-order valence-electron chi connectivity index (χ2n) is 4.49. The second kappa shape index (κ2) is 10.3. The molecule has 0 spiro atoms. The first-order valence-electron chi connectivity index (χ1n) is 6.58. The van der Waals surface area contributed by atoms with E-state index in [9.17, 15) is 0 Å². The number of hydrogen-bond acceptors (Lipinski definition) is 2. The van der Waals surface area contributed by atoms with Crippen molar-refractivity contribution in [2.24, 2.45) is 0 Å². The van der Waals surface area contributed by atoms with E-state index < -0.39 is 0 Å². The molecule has 0 heterocycles. The van der Waals surface area contributed by atoms with Crippen molar-refractivity contribution in [2.45, 2.75) is 0 Å². The van der Waals surface area contributed by atoms with E-state index in [0.29, 0.717) is 13.2 Å². The summed E-state index contributed by atoms with van der Waals surface area (Å²) in [5.41, 5.74) is 0. The first-order chi connectivity index (χ1) is 11.4. The summed E-state index contributed by atoms with van der Waals surface area (Å²) in [4.78, 5) is 0. The maximum absolute atomic E-state index is 5.80. The maximum Gasteiger partial charge on any atom is 0.148 e. The van der Waals surface area contributed by atoms with Gasteiger partial charge < -0.3 is 9.47 Å². The van der Waals surface area contributed by atoms with Gasteiger partial charge in [-0.05, 0) is 107 Å². The Morgan fingerprint density at radius 1 is 0.708 bits per heavy atom. The van der Waals surface area contributed by atoms with Gasteiger partial charge in [0, 0.05) is 8.95 Å². The summed E-state index contributed by atoms with van der Waals surface area (Å²) in [6.07, 6.45) is 3.87. The van der Waals surface area contributed by atoms with Crippen molar-refractivity contribution < 1.29 is 9.47 Å². The highest BCUT2D eigenvalue weighted by atomic mass is 127. The number of halogens is 6. The molecule has 2 aromatic rings. The lowest BCUT2D eigenvalue weighted by Gasteiger charge is -2.10. The van der Waals surface area contributed by atoms with Gasteiger partial charge in [-0.3, -0.25) is 0 Å². The highest BCUT2D eigenvalue weighted by molar-refractivity contribution is 14.1. The largest absolute Gasteiger partial charge is 0.487 e. The van der Waals surface area contributed by atoms with Crippen LogP contribution in [0.5, 0.6) is 11.5 Å². The van der Waals surface area contributed by atoms with Gasteiger partial charge in [-0.1, -0.05) is 31.9 Å². The summed E-state index contributed by atoms with van der Waals surface area (Å²) in [6.45, 7) is 0.934. The minimum atomic E-state index is 0.459. The lowest BCUT2D eigenvalue weighted by molar-refractivity contribution is 0.345. The molecule has 0 bridgehead atoms. The zero-order valence-electron chi connectivity index (χ0n) is 12.0. The monoisotopic (exact) mass is 756 g/mol. The number of ether oxygens (including phenoxy) is 2. The van der Waals surface area contributed by atoms with Crippen molar-refractivity contribution in [3.05, 3.63) is 62.4 Å². The molecule has 0 radical (unpaired) electrons. The van der Waals surface area contributed by atoms with Gasteiger partial charge in [0.1, 0.15) is 24.7 Å². The van der Waals surface area contributed by atoms with Gasteiger partial charge in [0.05, 0.1) is 17.0 Å². The van der Waals surface area contributed by atoms with Crippen LogP contribution in [-0.2, 0) is 0 Å². The van der Waals surface area contributed by atoms with Gasteiger partial charge in [0.2, 0.25) is 0 Å². The minimum absolute atomic E-state index is 0.459. The average molecular weight is 761 g/mol. The van der Waals surface area contributed by atoms with Gasteiger partial charge in [0.25, 0.3) is 0 Å². The zero-order chi connectivity index (χ0) is 17.7. The predicted molar refractivity (Wildman–Crippen MR) is 124 cm³/mol. The fourth-order valence-electron chi connectivity index (χ4n) is 1.73. The van der Waals surface area contributed by atoms with E-state index in [1.165, 1.54) is 0 Å². The van der Waals surface area contributed by atoms with E-state index in [1.807, 2.05) is 36.4 Å². The maximum atomic E-state index is 5.80. The van der Waals surface area contributed by atoms with E-state index >= 15 is 0 Å². The molecule has 8 heteroatoms. The molecule has 0 N–H and O–H groups in total. The topological polar surface area (TPSA) is 18.5 Å².